The molecule has 0 saturated carbocycles. The lowest BCUT2D eigenvalue weighted by atomic mass is 10.1. The first kappa shape index (κ1) is 11.6. The number of hydrogen-bond acceptors (Lipinski definition) is 3. The summed E-state index contributed by atoms with van der Waals surface area (Å²) in [4.78, 5) is 5.65. The Labute approximate surface area is 104 Å². The first-order valence-electron chi connectivity index (χ1n) is 5.07. The molecule has 2 nitrogen and oxygen atoms in total. The molecule has 1 heterocycles. The highest BCUT2D eigenvalue weighted by Crippen LogP contribution is 2.32. The highest BCUT2D eigenvalue weighted by molar-refractivity contribution is 7.12. The van der Waals surface area contributed by atoms with Crippen molar-refractivity contribution in [2.24, 2.45) is 5.73 Å². The van der Waals surface area contributed by atoms with E-state index in [4.69, 9.17) is 17.3 Å². The normalized spacial score (nSPS) is 12.8. The van der Waals surface area contributed by atoms with Crippen molar-refractivity contribution in [2.75, 3.05) is 0 Å². The number of thiazole rings is 1. The zero-order valence-electron chi connectivity index (χ0n) is 9.20. The van der Waals surface area contributed by atoms with Crippen LogP contribution in [-0.4, -0.2) is 4.98 Å². The lowest BCUT2D eigenvalue weighted by Gasteiger charge is -2.05. The van der Waals surface area contributed by atoms with Crippen LogP contribution >= 0.6 is 22.9 Å². The molecule has 0 aliphatic heterocycles. The van der Waals surface area contributed by atoms with Crippen molar-refractivity contribution in [3.63, 3.8) is 0 Å². The average Bonchev–Trinajstić information content (AvgIpc) is 2.61. The van der Waals surface area contributed by atoms with Gasteiger partial charge in [-0.1, -0.05) is 23.7 Å². The van der Waals surface area contributed by atoms with Crippen molar-refractivity contribution >= 4 is 22.9 Å². The molecule has 0 bridgehead atoms. The van der Waals surface area contributed by atoms with Gasteiger partial charge >= 0.3 is 0 Å². The van der Waals surface area contributed by atoms with Crippen LogP contribution in [0.3, 0.4) is 0 Å². The van der Waals surface area contributed by atoms with Crippen LogP contribution in [0.2, 0.25) is 5.02 Å². The third-order valence-corrected chi connectivity index (χ3v) is 3.72. The monoisotopic (exact) mass is 252 g/mol. The molecule has 2 aromatic rings. The molecule has 1 unspecified atom stereocenters. The largest absolute Gasteiger partial charge is 0.323 e. The highest BCUT2D eigenvalue weighted by Gasteiger charge is 2.14. The maximum Gasteiger partial charge on any atom is 0.0905 e. The predicted molar refractivity (Wildman–Crippen MR) is 69.9 cm³/mol. The molecule has 4 heteroatoms. The molecule has 0 aliphatic rings. The van der Waals surface area contributed by atoms with Gasteiger partial charge in [0.25, 0.3) is 0 Å². The summed E-state index contributed by atoms with van der Waals surface area (Å²) >= 11 is 7.52. The van der Waals surface area contributed by atoms with E-state index in [1.54, 1.807) is 11.3 Å². The van der Waals surface area contributed by atoms with Gasteiger partial charge in [-0.05, 0) is 26.0 Å². The zero-order chi connectivity index (χ0) is 11.7. The van der Waals surface area contributed by atoms with Crippen LogP contribution < -0.4 is 5.73 Å². The lowest BCUT2D eigenvalue weighted by molar-refractivity contribution is 0.837. The summed E-state index contributed by atoms with van der Waals surface area (Å²) in [7, 11) is 0. The highest BCUT2D eigenvalue weighted by atomic mass is 35.5. The van der Waals surface area contributed by atoms with Crippen LogP contribution in [0, 0.1) is 6.92 Å². The van der Waals surface area contributed by atoms with Gasteiger partial charge in [-0.15, -0.1) is 11.3 Å². The van der Waals surface area contributed by atoms with Crippen molar-refractivity contribution in [2.45, 2.75) is 19.9 Å². The standard InChI is InChI=1S/C12H13ClN2S/c1-7(14)12-11(15-8(2)16-12)9-3-5-10(13)6-4-9/h3-7H,14H2,1-2H3. The molecular formula is C12H13ClN2S. The number of nitrogens with two attached hydrogens (primary N) is 1. The van der Waals surface area contributed by atoms with Crippen molar-refractivity contribution in [1.29, 1.82) is 0 Å². The molecular weight excluding hydrogens is 240 g/mol. The van der Waals surface area contributed by atoms with Crippen LogP contribution in [0.5, 0.6) is 0 Å². The Morgan fingerprint density at radius 2 is 1.94 bits per heavy atom. The fourth-order valence-corrected chi connectivity index (χ4v) is 2.59. The molecule has 0 spiro atoms. The number of hydrogen-bond donors (Lipinski definition) is 1. The van der Waals surface area contributed by atoms with Crippen LogP contribution in [0.4, 0.5) is 0 Å². The number of benzene rings is 1. The van der Waals surface area contributed by atoms with Crippen LogP contribution in [-0.2, 0) is 0 Å². The molecule has 2 N–H and O–H groups in total. The van der Waals surface area contributed by atoms with Gasteiger partial charge in [0, 0.05) is 21.5 Å². The second kappa shape index (κ2) is 4.53. The summed E-state index contributed by atoms with van der Waals surface area (Å²) in [5.74, 6) is 0. The van der Waals surface area contributed by atoms with E-state index in [1.165, 1.54) is 0 Å². The minimum absolute atomic E-state index is 0.0110. The lowest BCUT2D eigenvalue weighted by Crippen LogP contribution is -2.04. The van der Waals surface area contributed by atoms with Gasteiger partial charge < -0.3 is 5.73 Å². The second-order valence-corrected chi connectivity index (χ2v) is 5.41. The summed E-state index contributed by atoms with van der Waals surface area (Å²) in [6, 6.07) is 7.70. The van der Waals surface area contributed by atoms with Crippen LogP contribution in [0.15, 0.2) is 24.3 Å². The van der Waals surface area contributed by atoms with Crippen LogP contribution in [0.25, 0.3) is 11.3 Å². The van der Waals surface area contributed by atoms with E-state index >= 15 is 0 Å². The number of halogens is 1. The maximum atomic E-state index is 5.94. The van der Waals surface area contributed by atoms with Crippen LogP contribution in [0.1, 0.15) is 22.9 Å². The predicted octanol–water partition coefficient (Wildman–Crippen LogP) is 3.79. The first-order valence-corrected chi connectivity index (χ1v) is 6.26. The maximum absolute atomic E-state index is 5.94. The fraction of sp³-hybridized carbons (Fsp3) is 0.250. The van der Waals surface area contributed by atoms with Crippen molar-refractivity contribution in [3.8, 4) is 11.3 Å². The van der Waals surface area contributed by atoms with E-state index < -0.39 is 0 Å². The third-order valence-electron chi connectivity index (χ3n) is 2.29. The Morgan fingerprint density at radius 1 is 1.31 bits per heavy atom. The summed E-state index contributed by atoms with van der Waals surface area (Å²) in [6.45, 7) is 3.97. The topological polar surface area (TPSA) is 38.9 Å². The molecule has 1 aromatic heterocycles. The van der Waals surface area contributed by atoms with E-state index in [0.29, 0.717) is 0 Å². The molecule has 0 amide bonds. The summed E-state index contributed by atoms with van der Waals surface area (Å²) < 4.78 is 0. The first-order chi connectivity index (χ1) is 7.58. The van der Waals surface area contributed by atoms with Gasteiger partial charge in [0.1, 0.15) is 0 Å². The van der Waals surface area contributed by atoms with E-state index in [-0.39, 0.29) is 6.04 Å². The molecule has 1 atom stereocenters. The zero-order valence-corrected chi connectivity index (χ0v) is 10.8. The quantitative estimate of drug-likeness (QED) is 0.883. The van der Waals surface area contributed by atoms with E-state index in [9.17, 15) is 0 Å². The number of aryl methyl sites for hydroxylation is 1. The Morgan fingerprint density at radius 3 is 2.50 bits per heavy atom. The fourth-order valence-electron chi connectivity index (χ4n) is 1.57. The number of rotatable bonds is 2. The molecule has 1 aromatic carbocycles. The van der Waals surface area contributed by atoms with Gasteiger partial charge in [0.15, 0.2) is 0 Å². The molecule has 0 radical (unpaired) electrons. The Hall–Kier alpha value is -0.900. The van der Waals surface area contributed by atoms with E-state index in [1.807, 2.05) is 38.1 Å². The Kier molecular flexibility index (Phi) is 3.28. The minimum atomic E-state index is 0.0110. The SMILES string of the molecule is Cc1nc(-c2ccc(Cl)cc2)c(C(C)N)s1. The van der Waals surface area contributed by atoms with Gasteiger partial charge in [-0.3, -0.25) is 0 Å². The molecule has 0 aliphatic carbocycles. The minimum Gasteiger partial charge on any atom is -0.323 e. The molecule has 0 fully saturated rings. The third kappa shape index (κ3) is 2.26. The van der Waals surface area contributed by atoms with Gasteiger partial charge in [0.2, 0.25) is 0 Å². The number of aromatic nitrogens is 1. The Bertz CT molecular complexity index is 488. The van der Waals surface area contributed by atoms with Crippen molar-refractivity contribution in [1.82, 2.24) is 4.98 Å². The summed E-state index contributed by atoms with van der Waals surface area (Å²) in [6.07, 6.45) is 0. The summed E-state index contributed by atoms with van der Waals surface area (Å²) in [5.41, 5.74) is 7.99. The summed E-state index contributed by atoms with van der Waals surface area (Å²) in [5, 5.41) is 1.77. The van der Waals surface area contributed by atoms with Gasteiger partial charge in [-0.2, -0.15) is 0 Å². The average molecular weight is 253 g/mol. The van der Waals surface area contributed by atoms with Crippen molar-refractivity contribution < 1.29 is 0 Å². The van der Waals surface area contributed by atoms with E-state index in [0.717, 1.165) is 26.2 Å². The molecule has 0 saturated heterocycles. The molecule has 84 valence electrons. The smallest absolute Gasteiger partial charge is 0.0905 e. The second-order valence-electron chi connectivity index (χ2n) is 3.74. The van der Waals surface area contributed by atoms with Gasteiger partial charge in [-0.25, -0.2) is 4.98 Å². The molecule has 16 heavy (non-hydrogen) atoms. The number of nitrogens with zero attached hydrogens (tertiary/aromatic N) is 1. The van der Waals surface area contributed by atoms with E-state index in [2.05, 4.69) is 4.98 Å². The molecule has 2 rings (SSSR count). The Balaban J connectivity index is 2.50. The van der Waals surface area contributed by atoms with Gasteiger partial charge in [0.05, 0.1) is 10.7 Å². The van der Waals surface area contributed by atoms with Crippen molar-refractivity contribution in [3.05, 3.63) is 39.2 Å².